The molecule has 0 aliphatic rings. The molecule has 8 nitrogen and oxygen atoms in total. The Labute approximate surface area is 127 Å². The van der Waals surface area contributed by atoms with Crippen LogP contribution in [-0.4, -0.2) is 11.8 Å². The molecule has 0 saturated carbocycles. The molecule has 0 aliphatic heterocycles. The monoisotopic (exact) mass is 300 g/mol. The lowest BCUT2D eigenvalue weighted by Crippen LogP contribution is -2.16. The molecule has 0 spiro atoms. The van der Waals surface area contributed by atoms with Crippen LogP contribution in [0.1, 0.15) is 13.8 Å². The van der Waals surface area contributed by atoms with Crippen LogP contribution in [0.4, 0.5) is 11.4 Å². The number of nitrogens with zero attached hydrogens (tertiary/aromatic N) is 4. The van der Waals surface area contributed by atoms with Gasteiger partial charge < -0.3 is 0 Å². The second kappa shape index (κ2) is 8.20. The van der Waals surface area contributed by atoms with Crippen molar-refractivity contribution in [3.63, 3.8) is 0 Å². The van der Waals surface area contributed by atoms with Gasteiger partial charge in [-0.25, -0.2) is 10.9 Å². The average Bonchev–Trinajstić information content (AvgIpc) is 2.48. The largest absolute Gasteiger partial charge is 0.268 e. The Morgan fingerprint density at radius 3 is 1.55 bits per heavy atom. The van der Waals surface area contributed by atoms with Gasteiger partial charge in [-0.1, -0.05) is 35.7 Å². The highest BCUT2D eigenvalue weighted by Crippen LogP contribution is 2.27. The Balaban J connectivity index is 2.77. The summed E-state index contributed by atoms with van der Waals surface area (Å²) in [6, 6.07) is 6.71. The summed E-state index contributed by atoms with van der Waals surface area (Å²) >= 11 is 0. The predicted molar refractivity (Wildman–Crippen MR) is 81.4 cm³/mol. The van der Waals surface area contributed by atoms with Crippen LogP contribution in [0.2, 0.25) is 0 Å². The second-order valence-corrected chi connectivity index (χ2v) is 4.33. The average molecular weight is 300 g/mol. The zero-order valence-electron chi connectivity index (χ0n) is 12.3. The number of hydrogen-bond donors (Lipinski definition) is 2. The third kappa shape index (κ3) is 5.45. The van der Waals surface area contributed by atoms with Gasteiger partial charge in [-0.2, -0.15) is 0 Å². The van der Waals surface area contributed by atoms with E-state index in [1.54, 1.807) is 38.1 Å². The molecule has 0 bridgehead atoms. The number of carbonyl (C=O) groups is 2. The molecule has 1 aromatic rings. The molecule has 114 valence electrons. The van der Waals surface area contributed by atoms with E-state index >= 15 is 0 Å². The van der Waals surface area contributed by atoms with Crippen LogP contribution in [0.15, 0.2) is 69.2 Å². The molecule has 0 atom stereocenters. The fraction of sp³-hybridized carbons (Fsp3) is 0.143. The summed E-state index contributed by atoms with van der Waals surface area (Å²) in [5.41, 5.74) is 5.80. The van der Waals surface area contributed by atoms with Crippen molar-refractivity contribution >= 4 is 23.2 Å². The first-order chi connectivity index (χ1) is 10.4. The minimum atomic E-state index is -0.434. The summed E-state index contributed by atoms with van der Waals surface area (Å²) in [4.78, 5) is 22.5. The molecule has 0 saturated heterocycles. The second-order valence-electron chi connectivity index (χ2n) is 4.33. The molecule has 0 heterocycles. The van der Waals surface area contributed by atoms with E-state index < -0.39 is 11.8 Å². The van der Waals surface area contributed by atoms with E-state index in [0.29, 0.717) is 22.5 Å². The number of amides is 2. The molecular weight excluding hydrogens is 284 g/mol. The molecule has 0 radical (unpaired) electrons. The minimum Gasteiger partial charge on any atom is -0.268 e. The first-order valence-corrected chi connectivity index (χ1v) is 6.24. The highest BCUT2D eigenvalue weighted by molar-refractivity contribution is 5.92. The topological polar surface area (TPSA) is 108 Å². The van der Waals surface area contributed by atoms with Crippen molar-refractivity contribution in [2.45, 2.75) is 13.8 Å². The lowest BCUT2D eigenvalue weighted by molar-refractivity contribution is -0.118. The number of benzene rings is 1. The lowest BCUT2D eigenvalue weighted by Gasteiger charge is -1.99. The maximum Gasteiger partial charge on any atom is 0.267 e. The van der Waals surface area contributed by atoms with Crippen LogP contribution in [0.5, 0.6) is 0 Å². The maximum absolute atomic E-state index is 11.3. The van der Waals surface area contributed by atoms with Gasteiger partial charge in [0, 0.05) is 11.1 Å². The summed E-state index contributed by atoms with van der Waals surface area (Å²) in [6.07, 6.45) is 0. The molecular formula is C14H16N6O2. The number of nitrogens with one attached hydrogen (secondary N) is 2. The third-order valence-electron chi connectivity index (χ3n) is 2.28. The van der Waals surface area contributed by atoms with Crippen molar-refractivity contribution in [3.05, 3.63) is 48.6 Å². The molecule has 8 heteroatoms. The van der Waals surface area contributed by atoms with E-state index in [2.05, 4.69) is 44.7 Å². The van der Waals surface area contributed by atoms with Gasteiger partial charge >= 0.3 is 0 Å². The van der Waals surface area contributed by atoms with E-state index in [0.717, 1.165) is 0 Å². The Bertz CT molecular complexity index is 606. The highest BCUT2D eigenvalue weighted by Gasteiger charge is 2.02. The van der Waals surface area contributed by atoms with Crippen LogP contribution < -0.4 is 10.9 Å². The predicted octanol–water partition coefficient (Wildman–Crippen LogP) is 3.07. The molecule has 0 unspecified atom stereocenters. The van der Waals surface area contributed by atoms with Gasteiger partial charge in [-0.15, -0.1) is 10.2 Å². The van der Waals surface area contributed by atoms with Crippen LogP contribution in [0, 0.1) is 0 Å². The number of carbonyl (C=O) groups excluding carboxylic acids is 2. The molecule has 2 amide bonds. The Hall–Kier alpha value is -3.16. The van der Waals surface area contributed by atoms with Gasteiger partial charge in [0.2, 0.25) is 0 Å². The fourth-order valence-electron chi connectivity index (χ4n) is 1.07. The summed E-state index contributed by atoms with van der Waals surface area (Å²) in [7, 11) is 0. The third-order valence-corrected chi connectivity index (χ3v) is 2.28. The molecule has 22 heavy (non-hydrogen) atoms. The Morgan fingerprint density at radius 2 is 1.23 bits per heavy atom. The molecule has 0 fully saturated rings. The first kappa shape index (κ1) is 16.9. The van der Waals surface area contributed by atoms with Crippen molar-refractivity contribution in [2.75, 3.05) is 0 Å². The van der Waals surface area contributed by atoms with Gasteiger partial charge in [-0.3, -0.25) is 9.59 Å². The van der Waals surface area contributed by atoms with Gasteiger partial charge in [0.25, 0.3) is 11.8 Å². The Kier molecular flexibility index (Phi) is 6.30. The zero-order chi connectivity index (χ0) is 16.5. The summed E-state index contributed by atoms with van der Waals surface area (Å²) in [6.45, 7) is 10.1. The Morgan fingerprint density at radius 1 is 0.864 bits per heavy atom. The maximum atomic E-state index is 11.3. The van der Waals surface area contributed by atoms with Crippen molar-refractivity contribution in [1.29, 1.82) is 0 Å². The molecule has 0 aromatic heterocycles. The quantitative estimate of drug-likeness (QED) is 0.478. The van der Waals surface area contributed by atoms with Crippen molar-refractivity contribution < 1.29 is 9.59 Å². The highest BCUT2D eigenvalue weighted by atomic mass is 16.2. The standard InChI is InChI=1S/C14H16N6O2/c1-9(2)13(21)17-19-15-11-7-5-6-8-12(11)16-20-18-14(22)10(3)4/h5-8H,1,3H2,2,4H3,(H,15,17,21)(H,16,18,22). The normalized spacial score (nSPS) is 10.6. The van der Waals surface area contributed by atoms with Crippen LogP contribution in [0.25, 0.3) is 0 Å². The van der Waals surface area contributed by atoms with E-state index in [-0.39, 0.29) is 0 Å². The number of rotatable bonds is 6. The number of hydrogen-bond acceptors (Lipinski definition) is 6. The SMILES string of the molecule is C=C(C)C(=O)NN=Nc1ccccc1N=NNC(=O)C(=C)C. The van der Waals surface area contributed by atoms with Crippen molar-refractivity contribution in [1.82, 2.24) is 10.9 Å². The summed E-state index contributed by atoms with van der Waals surface area (Å²) in [5.74, 6) is -0.867. The smallest absolute Gasteiger partial charge is 0.267 e. The first-order valence-electron chi connectivity index (χ1n) is 6.24. The van der Waals surface area contributed by atoms with Gasteiger partial charge in [0.1, 0.15) is 11.4 Å². The van der Waals surface area contributed by atoms with Crippen LogP contribution in [0.3, 0.4) is 0 Å². The van der Waals surface area contributed by atoms with E-state index in [4.69, 9.17) is 0 Å². The molecule has 1 aromatic carbocycles. The van der Waals surface area contributed by atoms with Crippen LogP contribution >= 0.6 is 0 Å². The van der Waals surface area contributed by atoms with E-state index in [1.807, 2.05) is 0 Å². The molecule has 0 aliphatic carbocycles. The van der Waals surface area contributed by atoms with E-state index in [9.17, 15) is 9.59 Å². The lowest BCUT2D eigenvalue weighted by atomic mass is 10.3. The van der Waals surface area contributed by atoms with Crippen LogP contribution in [-0.2, 0) is 9.59 Å². The summed E-state index contributed by atoms with van der Waals surface area (Å²) in [5, 5.41) is 14.8. The van der Waals surface area contributed by atoms with E-state index in [1.165, 1.54) is 0 Å². The molecule has 1 rings (SSSR count). The van der Waals surface area contributed by atoms with Crippen molar-refractivity contribution in [2.24, 2.45) is 20.7 Å². The van der Waals surface area contributed by atoms with Gasteiger partial charge in [-0.05, 0) is 26.0 Å². The van der Waals surface area contributed by atoms with Gasteiger partial charge in [0.15, 0.2) is 0 Å². The summed E-state index contributed by atoms with van der Waals surface area (Å²) < 4.78 is 0. The zero-order valence-corrected chi connectivity index (χ0v) is 12.3. The molecule has 2 N–H and O–H groups in total. The van der Waals surface area contributed by atoms with Crippen molar-refractivity contribution in [3.8, 4) is 0 Å². The minimum absolute atomic E-state index is 0.314. The van der Waals surface area contributed by atoms with Gasteiger partial charge in [0.05, 0.1) is 0 Å². The fourth-order valence-corrected chi connectivity index (χ4v) is 1.07.